The molecule has 0 saturated heterocycles. The highest BCUT2D eigenvalue weighted by Gasteiger charge is 2.12. The third-order valence-corrected chi connectivity index (χ3v) is 4.54. The van der Waals surface area contributed by atoms with Crippen LogP contribution >= 0.6 is 11.6 Å². The summed E-state index contributed by atoms with van der Waals surface area (Å²) in [5.74, 6) is -0.875. The number of halogens is 2. The second-order valence-corrected chi connectivity index (χ2v) is 6.66. The molecule has 1 amide bonds. The highest BCUT2D eigenvalue weighted by atomic mass is 35.5. The van der Waals surface area contributed by atoms with Gasteiger partial charge in [0.1, 0.15) is 11.5 Å². The molecule has 0 spiro atoms. The van der Waals surface area contributed by atoms with Crippen molar-refractivity contribution in [3.8, 4) is 11.3 Å². The molecule has 0 aliphatic rings. The molecule has 0 saturated carbocycles. The fourth-order valence-corrected chi connectivity index (χ4v) is 3.07. The van der Waals surface area contributed by atoms with Gasteiger partial charge in [0.25, 0.3) is 5.91 Å². The van der Waals surface area contributed by atoms with E-state index in [1.54, 1.807) is 12.1 Å². The van der Waals surface area contributed by atoms with Crippen LogP contribution in [0.3, 0.4) is 0 Å². The number of imidazole rings is 1. The first-order valence-electron chi connectivity index (χ1n) is 8.32. The Morgan fingerprint density at radius 2 is 1.89 bits per heavy atom. The molecule has 2 aromatic carbocycles. The van der Waals surface area contributed by atoms with Gasteiger partial charge in [0, 0.05) is 23.6 Å². The number of benzene rings is 2. The van der Waals surface area contributed by atoms with Crippen LogP contribution in [0.2, 0.25) is 5.02 Å². The minimum atomic E-state index is -0.483. The SMILES string of the molecule is Cc1ccn2cc(-c3ccc(NC(=O)c4ccc(F)cc4Cl)cc3)nc2c1. The highest BCUT2D eigenvalue weighted by molar-refractivity contribution is 6.34. The van der Waals surface area contributed by atoms with Crippen LogP contribution < -0.4 is 5.32 Å². The summed E-state index contributed by atoms with van der Waals surface area (Å²) in [6, 6.07) is 15.1. The van der Waals surface area contributed by atoms with E-state index >= 15 is 0 Å². The number of nitrogens with zero attached hydrogens (tertiary/aromatic N) is 2. The summed E-state index contributed by atoms with van der Waals surface area (Å²) in [5, 5.41) is 2.83. The average molecular weight is 380 g/mol. The zero-order valence-electron chi connectivity index (χ0n) is 14.4. The van der Waals surface area contributed by atoms with Crippen molar-refractivity contribution in [1.29, 1.82) is 0 Å². The number of hydrogen-bond acceptors (Lipinski definition) is 2. The second-order valence-electron chi connectivity index (χ2n) is 6.25. The zero-order valence-corrected chi connectivity index (χ0v) is 15.2. The summed E-state index contributed by atoms with van der Waals surface area (Å²) in [6.45, 7) is 2.03. The van der Waals surface area contributed by atoms with Crippen LogP contribution in [0.25, 0.3) is 16.9 Å². The first kappa shape index (κ1) is 17.2. The number of anilines is 1. The smallest absolute Gasteiger partial charge is 0.257 e. The van der Waals surface area contributed by atoms with Gasteiger partial charge < -0.3 is 9.72 Å². The Kier molecular flexibility index (Phi) is 4.38. The molecular weight excluding hydrogens is 365 g/mol. The molecular formula is C21H15ClFN3O. The fraction of sp³-hybridized carbons (Fsp3) is 0.0476. The van der Waals surface area contributed by atoms with Crippen LogP contribution in [-0.4, -0.2) is 15.3 Å². The maximum Gasteiger partial charge on any atom is 0.257 e. The number of aromatic nitrogens is 2. The van der Waals surface area contributed by atoms with Gasteiger partial charge in [-0.15, -0.1) is 0 Å². The number of carbonyl (C=O) groups excluding carboxylic acids is 1. The lowest BCUT2D eigenvalue weighted by Gasteiger charge is -2.07. The van der Waals surface area contributed by atoms with Crippen LogP contribution in [0.1, 0.15) is 15.9 Å². The van der Waals surface area contributed by atoms with Gasteiger partial charge in [0.2, 0.25) is 0 Å². The predicted octanol–water partition coefficient (Wildman–Crippen LogP) is 5.35. The van der Waals surface area contributed by atoms with Gasteiger partial charge in [-0.3, -0.25) is 4.79 Å². The normalized spacial score (nSPS) is 10.9. The molecule has 4 nitrogen and oxygen atoms in total. The Morgan fingerprint density at radius 1 is 1.11 bits per heavy atom. The van der Waals surface area contributed by atoms with Crippen LogP contribution in [0.15, 0.2) is 67.0 Å². The molecule has 0 aliphatic carbocycles. The van der Waals surface area contributed by atoms with Crippen LogP contribution in [-0.2, 0) is 0 Å². The summed E-state index contributed by atoms with van der Waals surface area (Å²) in [6.07, 6.45) is 3.93. The lowest BCUT2D eigenvalue weighted by atomic mass is 10.1. The quantitative estimate of drug-likeness (QED) is 0.521. The summed E-state index contributed by atoms with van der Waals surface area (Å²) >= 11 is 5.93. The number of hydrogen-bond donors (Lipinski definition) is 1. The van der Waals surface area contributed by atoms with Gasteiger partial charge in [-0.2, -0.15) is 0 Å². The van der Waals surface area contributed by atoms with Crippen molar-refractivity contribution in [2.45, 2.75) is 6.92 Å². The van der Waals surface area contributed by atoms with Crippen LogP contribution in [0.5, 0.6) is 0 Å². The molecule has 6 heteroatoms. The monoisotopic (exact) mass is 379 g/mol. The molecule has 2 aromatic heterocycles. The van der Waals surface area contributed by atoms with Crippen molar-refractivity contribution >= 4 is 28.8 Å². The maximum absolute atomic E-state index is 13.1. The molecule has 0 bridgehead atoms. The summed E-state index contributed by atoms with van der Waals surface area (Å²) in [4.78, 5) is 16.9. The summed E-state index contributed by atoms with van der Waals surface area (Å²) in [5.41, 5.74) is 4.65. The van der Waals surface area contributed by atoms with Gasteiger partial charge >= 0.3 is 0 Å². The Morgan fingerprint density at radius 3 is 2.63 bits per heavy atom. The first-order valence-corrected chi connectivity index (χ1v) is 8.69. The summed E-state index contributed by atoms with van der Waals surface area (Å²) in [7, 11) is 0. The number of fused-ring (bicyclic) bond motifs is 1. The molecule has 1 N–H and O–H groups in total. The van der Waals surface area contributed by atoms with Gasteiger partial charge in [-0.1, -0.05) is 23.7 Å². The number of aryl methyl sites for hydroxylation is 1. The minimum Gasteiger partial charge on any atom is -0.322 e. The van der Waals surface area contributed by atoms with E-state index in [1.165, 1.54) is 12.1 Å². The molecule has 4 rings (SSSR count). The van der Waals surface area contributed by atoms with E-state index in [2.05, 4.69) is 10.3 Å². The lowest BCUT2D eigenvalue weighted by molar-refractivity contribution is 0.102. The van der Waals surface area contributed by atoms with E-state index in [0.29, 0.717) is 5.69 Å². The van der Waals surface area contributed by atoms with E-state index in [-0.39, 0.29) is 10.6 Å². The molecule has 0 radical (unpaired) electrons. The molecule has 4 aromatic rings. The van der Waals surface area contributed by atoms with Crippen molar-refractivity contribution in [3.63, 3.8) is 0 Å². The van der Waals surface area contributed by atoms with Crippen molar-refractivity contribution < 1.29 is 9.18 Å². The van der Waals surface area contributed by atoms with E-state index in [4.69, 9.17) is 11.6 Å². The number of rotatable bonds is 3. The third kappa shape index (κ3) is 3.55. The standard InChI is InChI=1S/C21H15ClFN3O/c1-13-8-9-26-12-19(25-20(26)10-13)14-2-5-16(6-3-14)24-21(27)17-7-4-15(23)11-18(17)22/h2-12H,1H3,(H,24,27). The van der Waals surface area contributed by atoms with E-state index in [0.717, 1.165) is 28.5 Å². The molecule has 0 atom stereocenters. The van der Waals surface area contributed by atoms with Gasteiger partial charge in [-0.05, 0) is 55.0 Å². The number of pyridine rings is 1. The van der Waals surface area contributed by atoms with E-state index < -0.39 is 11.7 Å². The fourth-order valence-electron chi connectivity index (χ4n) is 2.82. The molecule has 0 aliphatic heterocycles. The van der Waals surface area contributed by atoms with Crippen molar-refractivity contribution in [2.24, 2.45) is 0 Å². The number of carbonyl (C=O) groups is 1. The van der Waals surface area contributed by atoms with Gasteiger partial charge in [-0.25, -0.2) is 9.37 Å². The Bertz CT molecular complexity index is 1150. The molecule has 134 valence electrons. The molecule has 27 heavy (non-hydrogen) atoms. The zero-order chi connectivity index (χ0) is 19.0. The molecule has 0 unspecified atom stereocenters. The average Bonchev–Trinajstić information content (AvgIpc) is 3.05. The highest BCUT2D eigenvalue weighted by Crippen LogP contribution is 2.23. The van der Waals surface area contributed by atoms with E-state index in [9.17, 15) is 9.18 Å². The Hall–Kier alpha value is -3.18. The summed E-state index contributed by atoms with van der Waals surface area (Å²) < 4.78 is 15.1. The van der Waals surface area contributed by atoms with E-state index in [1.807, 2.05) is 48.0 Å². The third-order valence-electron chi connectivity index (χ3n) is 4.23. The second kappa shape index (κ2) is 6.85. The minimum absolute atomic E-state index is 0.0733. The topological polar surface area (TPSA) is 46.4 Å². The van der Waals surface area contributed by atoms with Crippen molar-refractivity contribution in [2.75, 3.05) is 5.32 Å². The lowest BCUT2D eigenvalue weighted by Crippen LogP contribution is -2.12. The van der Waals surface area contributed by atoms with Gasteiger partial charge in [0.15, 0.2) is 0 Å². The van der Waals surface area contributed by atoms with Crippen LogP contribution in [0, 0.1) is 12.7 Å². The molecule has 2 heterocycles. The number of amides is 1. The number of nitrogens with one attached hydrogen (secondary N) is 1. The maximum atomic E-state index is 13.1. The first-order chi connectivity index (χ1) is 13.0. The van der Waals surface area contributed by atoms with Crippen molar-refractivity contribution in [3.05, 3.63) is 89.0 Å². The largest absolute Gasteiger partial charge is 0.322 e. The predicted molar refractivity (Wildman–Crippen MR) is 105 cm³/mol. The Balaban J connectivity index is 1.55. The molecule has 0 fully saturated rings. The van der Waals surface area contributed by atoms with Gasteiger partial charge in [0.05, 0.1) is 16.3 Å². The van der Waals surface area contributed by atoms with Crippen LogP contribution in [0.4, 0.5) is 10.1 Å². The Labute approximate surface area is 160 Å². The van der Waals surface area contributed by atoms with Crippen molar-refractivity contribution in [1.82, 2.24) is 9.38 Å².